The molecule has 3 aromatic rings. The Kier molecular flexibility index (Phi) is 5.87. The van der Waals surface area contributed by atoms with Gasteiger partial charge in [-0.2, -0.15) is 0 Å². The molecule has 2 aromatic carbocycles. The monoisotopic (exact) mass is 410 g/mol. The molecule has 1 aliphatic rings. The lowest BCUT2D eigenvalue weighted by Gasteiger charge is -2.26. The minimum Gasteiger partial charge on any atom is -0.441 e. The zero-order valence-electron chi connectivity index (χ0n) is 16.2. The van der Waals surface area contributed by atoms with Crippen molar-refractivity contribution in [2.75, 3.05) is 26.3 Å². The van der Waals surface area contributed by atoms with Crippen molar-refractivity contribution in [3.8, 4) is 11.5 Å². The molecule has 1 fully saturated rings. The molecule has 0 saturated carbocycles. The number of hydrogen-bond donors (Lipinski definition) is 0. The van der Waals surface area contributed by atoms with E-state index in [0.717, 1.165) is 10.5 Å². The number of nitrogens with zero attached hydrogens (tertiary/aromatic N) is 2. The van der Waals surface area contributed by atoms with Crippen LogP contribution in [0.2, 0.25) is 0 Å². The molecule has 0 aliphatic carbocycles. The SMILES string of the molecule is Cc1oc(-c2ccc(C(=O)N3CCOCC3)cc2)nc1CS(=O)c1ccccc1. The Bertz CT molecular complexity index is 1010. The topological polar surface area (TPSA) is 72.6 Å². The number of amides is 1. The summed E-state index contributed by atoms with van der Waals surface area (Å²) in [7, 11) is -1.18. The molecule has 1 saturated heterocycles. The normalized spacial score (nSPS) is 15.3. The van der Waals surface area contributed by atoms with Gasteiger partial charge in [0.05, 0.1) is 35.5 Å². The van der Waals surface area contributed by atoms with Crippen LogP contribution in [0.3, 0.4) is 0 Å². The number of carbonyl (C=O) groups is 1. The van der Waals surface area contributed by atoms with Crippen molar-refractivity contribution in [1.29, 1.82) is 0 Å². The molecule has 2 heterocycles. The van der Waals surface area contributed by atoms with Crippen LogP contribution in [0, 0.1) is 6.92 Å². The number of ether oxygens (including phenoxy) is 1. The van der Waals surface area contributed by atoms with Crippen LogP contribution in [0.5, 0.6) is 0 Å². The van der Waals surface area contributed by atoms with Gasteiger partial charge in [-0.25, -0.2) is 4.98 Å². The Balaban J connectivity index is 1.48. The number of carbonyl (C=O) groups excluding carboxylic acids is 1. The number of rotatable bonds is 5. The van der Waals surface area contributed by atoms with Crippen molar-refractivity contribution in [2.45, 2.75) is 17.6 Å². The van der Waals surface area contributed by atoms with Gasteiger partial charge in [0.25, 0.3) is 5.91 Å². The lowest BCUT2D eigenvalue weighted by atomic mass is 10.1. The molecule has 1 aliphatic heterocycles. The van der Waals surface area contributed by atoms with E-state index in [9.17, 15) is 9.00 Å². The summed E-state index contributed by atoms with van der Waals surface area (Å²) in [5, 5.41) is 0. The van der Waals surface area contributed by atoms with E-state index in [0.29, 0.717) is 55.0 Å². The van der Waals surface area contributed by atoms with E-state index in [1.165, 1.54) is 0 Å². The van der Waals surface area contributed by atoms with Crippen molar-refractivity contribution in [3.63, 3.8) is 0 Å². The Hall–Kier alpha value is -2.77. The summed E-state index contributed by atoms with van der Waals surface area (Å²) in [6.45, 7) is 4.20. The largest absolute Gasteiger partial charge is 0.441 e. The first kappa shape index (κ1) is 19.5. The van der Waals surface area contributed by atoms with Gasteiger partial charge >= 0.3 is 0 Å². The van der Waals surface area contributed by atoms with Gasteiger partial charge in [-0.05, 0) is 43.3 Å². The fraction of sp³-hybridized carbons (Fsp3) is 0.273. The van der Waals surface area contributed by atoms with Gasteiger partial charge in [0, 0.05) is 29.1 Å². The molecule has 0 bridgehead atoms. The second-order valence-electron chi connectivity index (χ2n) is 6.81. The first-order chi connectivity index (χ1) is 14.1. The summed E-state index contributed by atoms with van der Waals surface area (Å²) in [6.07, 6.45) is 0. The number of oxazole rings is 1. The summed E-state index contributed by atoms with van der Waals surface area (Å²) in [6, 6.07) is 16.6. The quantitative estimate of drug-likeness (QED) is 0.644. The molecular weight excluding hydrogens is 388 g/mol. The van der Waals surface area contributed by atoms with Gasteiger partial charge in [0.1, 0.15) is 5.76 Å². The highest BCUT2D eigenvalue weighted by atomic mass is 32.2. The third-order valence-corrected chi connectivity index (χ3v) is 6.18. The van der Waals surface area contributed by atoms with Crippen molar-refractivity contribution in [2.24, 2.45) is 0 Å². The van der Waals surface area contributed by atoms with Crippen LogP contribution in [-0.4, -0.2) is 46.3 Å². The average Bonchev–Trinajstić information content (AvgIpc) is 3.14. The summed E-state index contributed by atoms with van der Waals surface area (Å²) >= 11 is 0. The minimum atomic E-state index is -1.18. The van der Waals surface area contributed by atoms with E-state index in [4.69, 9.17) is 9.15 Å². The van der Waals surface area contributed by atoms with Gasteiger partial charge in [0.2, 0.25) is 5.89 Å². The zero-order chi connectivity index (χ0) is 20.2. The summed E-state index contributed by atoms with van der Waals surface area (Å²) in [4.78, 5) is 19.7. The lowest BCUT2D eigenvalue weighted by Crippen LogP contribution is -2.40. The van der Waals surface area contributed by atoms with Crippen molar-refractivity contribution in [3.05, 3.63) is 71.6 Å². The van der Waals surface area contributed by atoms with E-state index in [2.05, 4.69) is 4.98 Å². The molecule has 29 heavy (non-hydrogen) atoms. The number of morpholine rings is 1. The van der Waals surface area contributed by atoms with E-state index >= 15 is 0 Å². The van der Waals surface area contributed by atoms with Gasteiger partial charge in [0.15, 0.2) is 0 Å². The number of benzene rings is 2. The first-order valence-electron chi connectivity index (χ1n) is 9.49. The highest BCUT2D eigenvalue weighted by Gasteiger charge is 2.19. The summed E-state index contributed by atoms with van der Waals surface area (Å²) < 4.78 is 23.7. The molecule has 1 amide bonds. The maximum absolute atomic E-state index is 12.6. The maximum atomic E-state index is 12.6. The van der Waals surface area contributed by atoms with Crippen molar-refractivity contribution < 1.29 is 18.2 Å². The molecule has 0 spiro atoms. The fourth-order valence-electron chi connectivity index (χ4n) is 3.17. The molecule has 0 N–H and O–H groups in total. The minimum absolute atomic E-state index is 0.00221. The molecule has 1 unspecified atom stereocenters. The Morgan fingerprint density at radius 2 is 1.76 bits per heavy atom. The van der Waals surface area contributed by atoms with Crippen LogP contribution in [0.15, 0.2) is 63.9 Å². The number of hydrogen-bond acceptors (Lipinski definition) is 5. The number of aromatic nitrogens is 1. The van der Waals surface area contributed by atoms with Crippen molar-refractivity contribution in [1.82, 2.24) is 9.88 Å². The molecule has 1 aromatic heterocycles. The maximum Gasteiger partial charge on any atom is 0.254 e. The van der Waals surface area contributed by atoms with Crippen LogP contribution in [-0.2, 0) is 21.3 Å². The Labute approximate surface area is 172 Å². The molecule has 150 valence electrons. The summed E-state index contributed by atoms with van der Waals surface area (Å²) in [5.41, 5.74) is 2.09. The average molecular weight is 410 g/mol. The second kappa shape index (κ2) is 8.71. The predicted molar refractivity (Wildman–Crippen MR) is 110 cm³/mol. The second-order valence-corrected chi connectivity index (χ2v) is 8.26. The highest BCUT2D eigenvalue weighted by molar-refractivity contribution is 7.84. The fourth-order valence-corrected chi connectivity index (χ4v) is 4.31. The predicted octanol–water partition coefficient (Wildman–Crippen LogP) is 3.43. The van der Waals surface area contributed by atoms with E-state index in [1.54, 1.807) is 17.0 Å². The van der Waals surface area contributed by atoms with E-state index in [-0.39, 0.29) is 5.91 Å². The van der Waals surface area contributed by atoms with Gasteiger partial charge in [-0.1, -0.05) is 18.2 Å². The Morgan fingerprint density at radius 3 is 2.45 bits per heavy atom. The van der Waals surface area contributed by atoms with Crippen LogP contribution in [0.4, 0.5) is 0 Å². The smallest absolute Gasteiger partial charge is 0.254 e. The van der Waals surface area contributed by atoms with E-state index < -0.39 is 10.8 Å². The third kappa shape index (κ3) is 4.46. The molecule has 1 atom stereocenters. The highest BCUT2D eigenvalue weighted by Crippen LogP contribution is 2.24. The zero-order valence-corrected chi connectivity index (χ0v) is 17.0. The van der Waals surface area contributed by atoms with Crippen LogP contribution < -0.4 is 0 Å². The van der Waals surface area contributed by atoms with Gasteiger partial charge in [-0.3, -0.25) is 9.00 Å². The summed E-state index contributed by atoms with van der Waals surface area (Å²) in [5.74, 6) is 1.42. The lowest BCUT2D eigenvalue weighted by molar-refractivity contribution is 0.0303. The van der Waals surface area contributed by atoms with Gasteiger partial charge < -0.3 is 14.1 Å². The van der Waals surface area contributed by atoms with Crippen LogP contribution in [0.1, 0.15) is 21.8 Å². The molecule has 0 radical (unpaired) electrons. The molecular formula is C22H22N2O4S. The number of aryl methyl sites for hydroxylation is 1. The molecule has 4 rings (SSSR count). The Morgan fingerprint density at radius 1 is 1.07 bits per heavy atom. The van der Waals surface area contributed by atoms with Crippen LogP contribution in [0.25, 0.3) is 11.5 Å². The van der Waals surface area contributed by atoms with E-state index in [1.807, 2.05) is 49.4 Å². The molecule has 7 heteroatoms. The van der Waals surface area contributed by atoms with Crippen LogP contribution >= 0.6 is 0 Å². The standard InChI is InChI=1S/C22H22N2O4S/c1-16-20(15-29(26)19-5-3-2-4-6-19)23-21(28-16)17-7-9-18(10-8-17)22(25)24-11-13-27-14-12-24/h2-10H,11-15H2,1H3. The molecule has 6 nitrogen and oxygen atoms in total. The van der Waals surface area contributed by atoms with Crippen molar-refractivity contribution >= 4 is 16.7 Å². The first-order valence-corrected chi connectivity index (χ1v) is 10.8. The third-order valence-electron chi connectivity index (χ3n) is 4.84. The van der Waals surface area contributed by atoms with Gasteiger partial charge in [-0.15, -0.1) is 0 Å².